The number of hydrogen-bond acceptors (Lipinski definition) is 2. The smallest absolute Gasteiger partial charge is 0.131 e. The van der Waals surface area contributed by atoms with Crippen LogP contribution in [0.1, 0.15) is 12.8 Å². The van der Waals surface area contributed by atoms with E-state index in [4.69, 9.17) is 0 Å². The predicted molar refractivity (Wildman–Crippen MR) is 92.6 cm³/mol. The van der Waals surface area contributed by atoms with E-state index in [9.17, 15) is 4.39 Å². The zero-order chi connectivity index (χ0) is 15.8. The molecular formula is C20H17FN2. The molecule has 114 valence electrons. The van der Waals surface area contributed by atoms with Crippen molar-refractivity contribution in [3.8, 4) is 11.1 Å². The Balaban J connectivity index is 1.67. The van der Waals surface area contributed by atoms with Crippen molar-refractivity contribution in [1.29, 1.82) is 0 Å². The van der Waals surface area contributed by atoms with Crippen LogP contribution in [0.15, 0.2) is 67.0 Å². The first-order valence-corrected chi connectivity index (χ1v) is 7.81. The van der Waals surface area contributed by atoms with E-state index in [1.54, 1.807) is 12.1 Å². The fourth-order valence-electron chi connectivity index (χ4n) is 2.77. The van der Waals surface area contributed by atoms with Gasteiger partial charge in [-0.25, -0.2) is 9.37 Å². The standard InChI is InChI=1S/C20H17FN2/c1-13(14-6-7-14)23-20-11-15-8-9-16(10-17(15)12-22-20)18-4-2-3-5-19(18)21/h2-5,8-12,14H,1,6-7H2,(H,22,23). The van der Waals surface area contributed by atoms with Crippen LogP contribution in [0.5, 0.6) is 0 Å². The Bertz CT molecular complexity index is 897. The first-order chi connectivity index (χ1) is 11.2. The van der Waals surface area contributed by atoms with Crippen molar-refractivity contribution >= 4 is 16.6 Å². The number of hydrogen-bond donors (Lipinski definition) is 1. The Labute approximate surface area is 134 Å². The minimum absolute atomic E-state index is 0.209. The largest absolute Gasteiger partial charge is 0.344 e. The molecule has 1 heterocycles. The summed E-state index contributed by atoms with van der Waals surface area (Å²) in [6.07, 6.45) is 4.25. The number of allylic oxidation sites excluding steroid dienone is 1. The van der Waals surface area contributed by atoms with Gasteiger partial charge in [-0.2, -0.15) is 0 Å². The topological polar surface area (TPSA) is 24.9 Å². The number of anilines is 1. The van der Waals surface area contributed by atoms with E-state index in [2.05, 4.69) is 16.9 Å². The molecule has 0 atom stereocenters. The minimum Gasteiger partial charge on any atom is -0.344 e. The van der Waals surface area contributed by atoms with Crippen LogP contribution in [0.4, 0.5) is 10.2 Å². The molecule has 2 nitrogen and oxygen atoms in total. The SMILES string of the molecule is C=C(Nc1cc2ccc(-c3ccccc3F)cc2cn1)C1CC1. The van der Waals surface area contributed by atoms with Crippen LogP contribution in [0, 0.1) is 11.7 Å². The third-order valence-corrected chi connectivity index (χ3v) is 4.27. The number of nitrogens with zero attached hydrogens (tertiary/aromatic N) is 1. The van der Waals surface area contributed by atoms with Gasteiger partial charge in [0.1, 0.15) is 11.6 Å². The highest BCUT2D eigenvalue weighted by Crippen LogP contribution is 2.36. The molecule has 0 radical (unpaired) electrons. The number of rotatable bonds is 4. The van der Waals surface area contributed by atoms with Crippen LogP contribution in [0.3, 0.4) is 0 Å². The van der Waals surface area contributed by atoms with E-state index in [1.807, 2.05) is 36.5 Å². The molecule has 1 aliphatic rings. The summed E-state index contributed by atoms with van der Waals surface area (Å²) < 4.78 is 13.9. The fourth-order valence-corrected chi connectivity index (χ4v) is 2.77. The molecule has 1 aliphatic carbocycles. The van der Waals surface area contributed by atoms with E-state index >= 15 is 0 Å². The summed E-state index contributed by atoms with van der Waals surface area (Å²) in [5.41, 5.74) is 2.51. The highest BCUT2D eigenvalue weighted by atomic mass is 19.1. The summed E-state index contributed by atoms with van der Waals surface area (Å²) in [7, 11) is 0. The highest BCUT2D eigenvalue weighted by Gasteiger charge is 2.24. The van der Waals surface area contributed by atoms with Gasteiger partial charge in [-0.1, -0.05) is 36.9 Å². The highest BCUT2D eigenvalue weighted by molar-refractivity contribution is 5.88. The molecule has 4 rings (SSSR count). The second-order valence-electron chi connectivity index (χ2n) is 6.04. The quantitative estimate of drug-likeness (QED) is 0.700. The van der Waals surface area contributed by atoms with E-state index in [1.165, 1.54) is 18.9 Å². The molecule has 1 saturated carbocycles. The summed E-state index contributed by atoms with van der Waals surface area (Å²) in [5, 5.41) is 5.35. The molecule has 1 N–H and O–H groups in total. The van der Waals surface area contributed by atoms with Gasteiger partial charge in [-0.05, 0) is 47.9 Å². The van der Waals surface area contributed by atoms with Gasteiger partial charge in [0, 0.05) is 22.8 Å². The first-order valence-electron chi connectivity index (χ1n) is 7.81. The van der Waals surface area contributed by atoms with Crippen LogP contribution in [0.25, 0.3) is 21.9 Å². The average Bonchev–Trinajstić information content (AvgIpc) is 3.40. The van der Waals surface area contributed by atoms with Crippen molar-refractivity contribution in [2.45, 2.75) is 12.8 Å². The molecule has 23 heavy (non-hydrogen) atoms. The molecule has 1 aromatic heterocycles. The number of benzene rings is 2. The van der Waals surface area contributed by atoms with E-state index in [-0.39, 0.29) is 5.82 Å². The number of pyridine rings is 1. The normalized spacial score (nSPS) is 14.0. The van der Waals surface area contributed by atoms with Crippen molar-refractivity contribution < 1.29 is 4.39 Å². The van der Waals surface area contributed by atoms with Crippen molar-refractivity contribution in [3.05, 3.63) is 72.8 Å². The third kappa shape index (κ3) is 2.82. The maximum absolute atomic E-state index is 13.9. The molecule has 1 fully saturated rings. The van der Waals surface area contributed by atoms with Gasteiger partial charge in [-0.3, -0.25) is 0 Å². The molecule has 2 aromatic carbocycles. The Hall–Kier alpha value is -2.68. The van der Waals surface area contributed by atoms with Crippen LogP contribution in [-0.4, -0.2) is 4.98 Å². The molecule has 0 bridgehead atoms. The van der Waals surface area contributed by atoms with Gasteiger partial charge < -0.3 is 5.32 Å². The van der Waals surface area contributed by atoms with Gasteiger partial charge in [0.25, 0.3) is 0 Å². The Morgan fingerprint density at radius 3 is 2.70 bits per heavy atom. The molecular weight excluding hydrogens is 287 g/mol. The zero-order valence-electron chi connectivity index (χ0n) is 12.7. The van der Waals surface area contributed by atoms with Crippen molar-refractivity contribution in [2.24, 2.45) is 5.92 Å². The molecule has 0 amide bonds. The lowest BCUT2D eigenvalue weighted by Crippen LogP contribution is -2.01. The molecule has 3 heteroatoms. The predicted octanol–water partition coefficient (Wildman–Crippen LogP) is 5.38. The third-order valence-electron chi connectivity index (χ3n) is 4.27. The summed E-state index contributed by atoms with van der Waals surface area (Å²) in [6, 6.07) is 14.7. The molecule has 0 aliphatic heterocycles. The molecule has 0 unspecified atom stereocenters. The second kappa shape index (κ2) is 5.51. The Kier molecular flexibility index (Phi) is 3.34. The fraction of sp³-hybridized carbons (Fsp3) is 0.150. The number of nitrogens with one attached hydrogen (secondary N) is 1. The zero-order valence-corrected chi connectivity index (χ0v) is 12.7. The number of halogens is 1. The van der Waals surface area contributed by atoms with Crippen LogP contribution in [0.2, 0.25) is 0 Å². The average molecular weight is 304 g/mol. The molecule has 3 aromatic rings. The monoisotopic (exact) mass is 304 g/mol. The maximum atomic E-state index is 13.9. The summed E-state index contributed by atoms with van der Waals surface area (Å²) >= 11 is 0. The maximum Gasteiger partial charge on any atom is 0.131 e. The summed E-state index contributed by atoms with van der Waals surface area (Å²) in [6.45, 7) is 4.06. The van der Waals surface area contributed by atoms with Crippen LogP contribution >= 0.6 is 0 Å². The number of fused-ring (bicyclic) bond motifs is 1. The molecule has 0 saturated heterocycles. The summed E-state index contributed by atoms with van der Waals surface area (Å²) in [4.78, 5) is 4.45. The first kappa shape index (κ1) is 13.9. The van der Waals surface area contributed by atoms with Gasteiger partial charge in [0.05, 0.1) is 0 Å². The lowest BCUT2D eigenvalue weighted by Gasteiger charge is -2.09. The molecule has 0 spiro atoms. The van der Waals surface area contributed by atoms with Crippen molar-refractivity contribution in [3.63, 3.8) is 0 Å². The lowest BCUT2D eigenvalue weighted by atomic mass is 10.0. The van der Waals surface area contributed by atoms with Crippen LogP contribution in [-0.2, 0) is 0 Å². The van der Waals surface area contributed by atoms with Crippen LogP contribution < -0.4 is 5.32 Å². The van der Waals surface area contributed by atoms with E-state index < -0.39 is 0 Å². The van der Waals surface area contributed by atoms with E-state index in [0.29, 0.717) is 11.5 Å². The minimum atomic E-state index is -0.209. The van der Waals surface area contributed by atoms with Gasteiger partial charge in [0.2, 0.25) is 0 Å². The lowest BCUT2D eigenvalue weighted by molar-refractivity contribution is 0.631. The van der Waals surface area contributed by atoms with Gasteiger partial charge in [-0.15, -0.1) is 0 Å². The Morgan fingerprint density at radius 2 is 1.91 bits per heavy atom. The van der Waals surface area contributed by atoms with Crippen molar-refractivity contribution in [2.75, 3.05) is 5.32 Å². The van der Waals surface area contributed by atoms with E-state index in [0.717, 1.165) is 27.9 Å². The van der Waals surface area contributed by atoms with Gasteiger partial charge in [0.15, 0.2) is 0 Å². The van der Waals surface area contributed by atoms with Gasteiger partial charge >= 0.3 is 0 Å². The van der Waals surface area contributed by atoms with Crippen molar-refractivity contribution in [1.82, 2.24) is 4.98 Å². The second-order valence-corrected chi connectivity index (χ2v) is 6.04. The Morgan fingerprint density at radius 1 is 1.09 bits per heavy atom. The number of aromatic nitrogens is 1. The summed E-state index contributed by atoms with van der Waals surface area (Å²) in [5.74, 6) is 1.20.